The van der Waals surface area contributed by atoms with Crippen LogP contribution in [0.1, 0.15) is 12.8 Å². The van der Waals surface area contributed by atoms with E-state index in [1.807, 2.05) is 0 Å². The molecule has 1 saturated carbocycles. The Kier molecular flexibility index (Phi) is 1.55. The van der Waals surface area contributed by atoms with Gasteiger partial charge in [0.05, 0.1) is 6.54 Å². The summed E-state index contributed by atoms with van der Waals surface area (Å²) in [6.07, 6.45) is 1.89. The second-order valence-electron chi connectivity index (χ2n) is 2.61. The van der Waals surface area contributed by atoms with E-state index in [1.165, 1.54) is 0 Å². The molecule has 3 nitrogen and oxygen atoms in total. The Morgan fingerprint density at radius 3 is 2.11 bits per heavy atom. The minimum Gasteiger partial charge on any atom is -0.329 e. The number of hydrogen-bond donors (Lipinski definition) is 2. The van der Waals surface area contributed by atoms with E-state index in [2.05, 4.69) is 0 Å². The van der Waals surface area contributed by atoms with Crippen molar-refractivity contribution in [3.05, 3.63) is 0 Å². The fourth-order valence-electron chi connectivity index (χ4n) is 0.964. The highest BCUT2D eigenvalue weighted by Crippen LogP contribution is 2.44. The lowest BCUT2D eigenvalue weighted by Crippen LogP contribution is -2.30. The average molecular weight is 128 g/mol. The number of rotatable bonds is 3. The van der Waals surface area contributed by atoms with Crippen molar-refractivity contribution in [1.82, 2.24) is 0 Å². The second-order valence-corrected chi connectivity index (χ2v) is 2.61. The number of Topliss-reactive ketones (excluding diaryl/α,β-unsaturated/α-hetero) is 1. The van der Waals surface area contributed by atoms with E-state index in [9.17, 15) is 4.79 Å². The maximum absolute atomic E-state index is 10.9. The van der Waals surface area contributed by atoms with Gasteiger partial charge >= 0.3 is 0 Å². The van der Waals surface area contributed by atoms with E-state index in [-0.39, 0.29) is 17.7 Å². The minimum absolute atomic E-state index is 0.130. The Balaban J connectivity index is 2.49. The molecule has 0 aliphatic heterocycles. The zero-order valence-corrected chi connectivity index (χ0v) is 5.39. The van der Waals surface area contributed by atoms with E-state index in [1.54, 1.807) is 0 Å². The van der Waals surface area contributed by atoms with Crippen LogP contribution < -0.4 is 11.5 Å². The Bertz CT molecular complexity index is 129. The van der Waals surface area contributed by atoms with Gasteiger partial charge in [-0.1, -0.05) is 0 Å². The number of carbonyl (C=O) groups excluding carboxylic acids is 1. The summed E-state index contributed by atoms with van der Waals surface area (Å²) in [4.78, 5) is 10.9. The fraction of sp³-hybridized carbons (Fsp3) is 0.833. The standard InChI is InChI=1S/C6H12N2O/c7-3-5(9)6(4-8)1-2-6/h1-4,7-8H2. The SMILES string of the molecule is NCC(=O)C1(CN)CC1. The molecule has 0 bridgehead atoms. The van der Waals surface area contributed by atoms with Crippen molar-refractivity contribution in [3.8, 4) is 0 Å². The topological polar surface area (TPSA) is 69.1 Å². The lowest BCUT2D eigenvalue weighted by atomic mass is 10.0. The molecular weight excluding hydrogens is 116 g/mol. The summed E-state index contributed by atoms with van der Waals surface area (Å²) < 4.78 is 0. The molecule has 52 valence electrons. The smallest absolute Gasteiger partial charge is 0.153 e. The number of carbonyl (C=O) groups is 1. The maximum atomic E-state index is 10.9. The first-order valence-electron chi connectivity index (χ1n) is 3.18. The van der Waals surface area contributed by atoms with Crippen LogP contribution in [-0.4, -0.2) is 18.9 Å². The molecular formula is C6H12N2O. The molecule has 1 aliphatic rings. The second kappa shape index (κ2) is 2.08. The van der Waals surface area contributed by atoms with Crippen molar-refractivity contribution in [3.63, 3.8) is 0 Å². The highest BCUT2D eigenvalue weighted by atomic mass is 16.1. The van der Waals surface area contributed by atoms with Gasteiger partial charge < -0.3 is 11.5 Å². The highest BCUT2D eigenvalue weighted by Gasteiger charge is 2.47. The molecule has 0 radical (unpaired) electrons. The molecule has 0 saturated heterocycles. The summed E-state index contributed by atoms with van der Waals surface area (Å²) >= 11 is 0. The molecule has 1 aliphatic carbocycles. The zero-order valence-electron chi connectivity index (χ0n) is 5.39. The molecule has 4 N–H and O–H groups in total. The number of hydrogen-bond acceptors (Lipinski definition) is 3. The van der Waals surface area contributed by atoms with Gasteiger partial charge in [0, 0.05) is 12.0 Å². The first kappa shape index (κ1) is 6.71. The molecule has 0 amide bonds. The third-order valence-corrected chi connectivity index (χ3v) is 2.02. The summed E-state index contributed by atoms with van der Waals surface area (Å²) in [5.74, 6) is 0.130. The first-order chi connectivity index (χ1) is 4.25. The van der Waals surface area contributed by atoms with Gasteiger partial charge in [-0.3, -0.25) is 4.79 Å². The van der Waals surface area contributed by atoms with Crippen molar-refractivity contribution < 1.29 is 4.79 Å². The van der Waals surface area contributed by atoms with Gasteiger partial charge in [0.1, 0.15) is 0 Å². The van der Waals surface area contributed by atoms with Crippen molar-refractivity contribution in [2.24, 2.45) is 16.9 Å². The molecule has 1 fully saturated rings. The molecule has 0 aromatic carbocycles. The monoisotopic (exact) mass is 128 g/mol. The van der Waals surface area contributed by atoms with Gasteiger partial charge in [0.25, 0.3) is 0 Å². The fourth-order valence-corrected chi connectivity index (χ4v) is 0.964. The van der Waals surface area contributed by atoms with E-state index < -0.39 is 0 Å². The van der Waals surface area contributed by atoms with Crippen LogP contribution in [0.2, 0.25) is 0 Å². The average Bonchev–Trinajstić information content (AvgIpc) is 2.66. The number of ketones is 1. The van der Waals surface area contributed by atoms with E-state index in [0.29, 0.717) is 6.54 Å². The van der Waals surface area contributed by atoms with Crippen molar-refractivity contribution in [2.45, 2.75) is 12.8 Å². The maximum Gasteiger partial charge on any atom is 0.153 e. The third-order valence-electron chi connectivity index (χ3n) is 2.02. The van der Waals surface area contributed by atoms with E-state index in [0.717, 1.165) is 12.8 Å². The van der Waals surface area contributed by atoms with Gasteiger partial charge in [-0.25, -0.2) is 0 Å². The van der Waals surface area contributed by atoms with Gasteiger partial charge in [0.15, 0.2) is 5.78 Å². The van der Waals surface area contributed by atoms with Crippen LogP contribution in [0, 0.1) is 5.41 Å². The van der Waals surface area contributed by atoms with Crippen LogP contribution in [0.4, 0.5) is 0 Å². The molecule has 0 aromatic rings. The zero-order chi connectivity index (χ0) is 6.91. The normalized spacial score (nSPS) is 21.6. The van der Waals surface area contributed by atoms with Gasteiger partial charge in [-0.05, 0) is 12.8 Å². The Morgan fingerprint density at radius 2 is 2.00 bits per heavy atom. The quantitative estimate of drug-likeness (QED) is 0.525. The van der Waals surface area contributed by atoms with E-state index in [4.69, 9.17) is 11.5 Å². The predicted octanol–water partition coefficient (Wildman–Crippen LogP) is -0.747. The van der Waals surface area contributed by atoms with Crippen LogP contribution in [-0.2, 0) is 4.79 Å². The molecule has 0 aromatic heterocycles. The lowest BCUT2D eigenvalue weighted by molar-refractivity contribution is -0.122. The molecule has 9 heavy (non-hydrogen) atoms. The molecule has 0 unspecified atom stereocenters. The molecule has 0 spiro atoms. The van der Waals surface area contributed by atoms with Gasteiger partial charge in [0.2, 0.25) is 0 Å². The Hall–Kier alpha value is -0.410. The minimum atomic E-state index is -0.186. The molecule has 1 rings (SSSR count). The summed E-state index contributed by atoms with van der Waals surface area (Å²) in [6.45, 7) is 0.625. The summed E-state index contributed by atoms with van der Waals surface area (Å²) in [7, 11) is 0. The van der Waals surface area contributed by atoms with Crippen molar-refractivity contribution in [2.75, 3.05) is 13.1 Å². The summed E-state index contributed by atoms with van der Waals surface area (Å²) in [5, 5.41) is 0. The van der Waals surface area contributed by atoms with Crippen LogP contribution in [0.15, 0.2) is 0 Å². The molecule has 3 heteroatoms. The highest BCUT2D eigenvalue weighted by molar-refractivity contribution is 5.89. The first-order valence-corrected chi connectivity index (χ1v) is 3.18. The van der Waals surface area contributed by atoms with Crippen molar-refractivity contribution >= 4 is 5.78 Å². The largest absolute Gasteiger partial charge is 0.329 e. The van der Waals surface area contributed by atoms with E-state index >= 15 is 0 Å². The number of nitrogens with two attached hydrogens (primary N) is 2. The Labute approximate surface area is 54.4 Å². The third kappa shape index (κ3) is 0.976. The summed E-state index contributed by atoms with van der Waals surface area (Å²) in [6, 6.07) is 0. The van der Waals surface area contributed by atoms with Gasteiger partial charge in [-0.15, -0.1) is 0 Å². The van der Waals surface area contributed by atoms with Crippen LogP contribution in [0.5, 0.6) is 0 Å². The van der Waals surface area contributed by atoms with Gasteiger partial charge in [-0.2, -0.15) is 0 Å². The van der Waals surface area contributed by atoms with Crippen LogP contribution in [0.3, 0.4) is 0 Å². The molecule has 0 atom stereocenters. The van der Waals surface area contributed by atoms with Crippen LogP contribution >= 0.6 is 0 Å². The summed E-state index contributed by atoms with van der Waals surface area (Å²) in [5.41, 5.74) is 10.4. The van der Waals surface area contributed by atoms with Crippen LogP contribution in [0.25, 0.3) is 0 Å². The lowest BCUT2D eigenvalue weighted by Gasteiger charge is -2.06. The van der Waals surface area contributed by atoms with Crippen molar-refractivity contribution in [1.29, 1.82) is 0 Å². The Morgan fingerprint density at radius 1 is 1.44 bits per heavy atom. The molecule has 0 heterocycles. The predicted molar refractivity (Wildman–Crippen MR) is 34.8 cm³/mol.